The van der Waals surface area contributed by atoms with Crippen molar-refractivity contribution in [2.24, 2.45) is 5.92 Å². The molecule has 0 unspecified atom stereocenters. The molecule has 0 radical (unpaired) electrons. The minimum Gasteiger partial charge on any atom is -0.424 e. The molecule has 2 heterocycles. The van der Waals surface area contributed by atoms with E-state index in [0.717, 1.165) is 6.42 Å². The molecule has 0 saturated heterocycles. The third-order valence-electron chi connectivity index (χ3n) is 2.96. The third-order valence-corrected chi connectivity index (χ3v) is 3.94. The molecule has 2 aromatic heterocycles. The highest BCUT2D eigenvalue weighted by Gasteiger charge is 2.20. The van der Waals surface area contributed by atoms with Crippen molar-refractivity contribution >= 4 is 11.3 Å². The fourth-order valence-electron chi connectivity index (χ4n) is 2.09. The van der Waals surface area contributed by atoms with Gasteiger partial charge in [0.25, 0.3) is 0 Å². The Kier molecular flexibility index (Phi) is 4.71. The van der Waals surface area contributed by atoms with Crippen LogP contribution in [0.15, 0.2) is 21.9 Å². The zero-order valence-corrected chi connectivity index (χ0v) is 12.7. The summed E-state index contributed by atoms with van der Waals surface area (Å²) in [6.45, 7) is 8.36. The summed E-state index contributed by atoms with van der Waals surface area (Å²) in [6.07, 6.45) is 1.10. The van der Waals surface area contributed by atoms with Crippen LogP contribution in [0.5, 0.6) is 0 Å². The second-order valence-corrected chi connectivity index (χ2v) is 6.22. The maximum absolute atomic E-state index is 5.49. The number of nitrogens with one attached hydrogen (secondary N) is 1. The Morgan fingerprint density at radius 1 is 1.32 bits per heavy atom. The van der Waals surface area contributed by atoms with E-state index in [-0.39, 0.29) is 6.04 Å². The molecule has 0 aromatic carbocycles. The van der Waals surface area contributed by atoms with Gasteiger partial charge >= 0.3 is 0 Å². The highest BCUT2D eigenvalue weighted by molar-refractivity contribution is 7.10. The SMILES string of the molecule is Cc1nnc([C@H](C)N[C@H](CC(C)C)c2cccs2)o1. The summed E-state index contributed by atoms with van der Waals surface area (Å²) in [6, 6.07) is 4.67. The first-order valence-corrected chi connectivity index (χ1v) is 7.53. The van der Waals surface area contributed by atoms with Crippen LogP contribution in [0.2, 0.25) is 0 Å². The van der Waals surface area contributed by atoms with Crippen LogP contribution in [0.1, 0.15) is 55.9 Å². The van der Waals surface area contributed by atoms with E-state index in [1.807, 2.05) is 6.92 Å². The molecule has 0 amide bonds. The summed E-state index contributed by atoms with van der Waals surface area (Å²) >= 11 is 1.79. The Morgan fingerprint density at radius 2 is 2.11 bits per heavy atom. The van der Waals surface area contributed by atoms with Crippen LogP contribution in [0.3, 0.4) is 0 Å². The van der Waals surface area contributed by atoms with E-state index in [1.54, 1.807) is 11.3 Å². The molecular weight excluding hydrogens is 258 g/mol. The van der Waals surface area contributed by atoms with Gasteiger partial charge in [-0.05, 0) is 30.7 Å². The molecule has 104 valence electrons. The molecule has 0 aliphatic carbocycles. The monoisotopic (exact) mass is 279 g/mol. The van der Waals surface area contributed by atoms with Crippen molar-refractivity contribution in [3.05, 3.63) is 34.2 Å². The van der Waals surface area contributed by atoms with E-state index in [2.05, 4.69) is 53.8 Å². The average Bonchev–Trinajstić information content (AvgIpc) is 2.97. The highest BCUT2D eigenvalue weighted by Crippen LogP contribution is 2.28. The van der Waals surface area contributed by atoms with Crippen LogP contribution >= 0.6 is 11.3 Å². The highest BCUT2D eigenvalue weighted by atomic mass is 32.1. The maximum atomic E-state index is 5.49. The van der Waals surface area contributed by atoms with E-state index in [9.17, 15) is 0 Å². The van der Waals surface area contributed by atoms with E-state index >= 15 is 0 Å². The average molecular weight is 279 g/mol. The Labute approximate surface area is 118 Å². The van der Waals surface area contributed by atoms with E-state index in [1.165, 1.54) is 4.88 Å². The molecule has 1 N–H and O–H groups in total. The number of hydrogen-bond acceptors (Lipinski definition) is 5. The minimum atomic E-state index is 0.0621. The lowest BCUT2D eigenvalue weighted by Gasteiger charge is -2.22. The van der Waals surface area contributed by atoms with Crippen LogP contribution in [0, 0.1) is 12.8 Å². The summed E-state index contributed by atoms with van der Waals surface area (Å²) in [7, 11) is 0. The van der Waals surface area contributed by atoms with Gasteiger partial charge in [0.2, 0.25) is 11.8 Å². The topological polar surface area (TPSA) is 51.0 Å². The molecule has 0 bridgehead atoms. The summed E-state index contributed by atoms with van der Waals surface area (Å²) in [5.74, 6) is 1.90. The van der Waals surface area contributed by atoms with Crippen LogP contribution in [0.4, 0.5) is 0 Å². The number of thiophene rings is 1. The van der Waals surface area contributed by atoms with Crippen molar-refractivity contribution in [2.45, 2.75) is 46.2 Å². The molecule has 2 atom stereocenters. The summed E-state index contributed by atoms with van der Waals surface area (Å²) in [5, 5.41) is 13.7. The van der Waals surface area contributed by atoms with Gasteiger partial charge in [0, 0.05) is 17.8 Å². The smallest absolute Gasteiger partial charge is 0.233 e. The third kappa shape index (κ3) is 3.88. The molecule has 0 saturated carbocycles. The van der Waals surface area contributed by atoms with Crippen molar-refractivity contribution in [3.63, 3.8) is 0 Å². The number of aryl methyl sites for hydroxylation is 1. The van der Waals surface area contributed by atoms with Gasteiger partial charge in [-0.15, -0.1) is 21.5 Å². The van der Waals surface area contributed by atoms with E-state index < -0.39 is 0 Å². The predicted molar refractivity (Wildman–Crippen MR) is 77.1 cm³/mol. The second kappa shape index (κ2) is 6.30. The maximum Gasteiger partial charge on any atom is 0.233 e. The van der Waals surface area contributed by atoms with Crippen molar-refractivity contribution < 1.29 is 4.42 Å². The Morgan fingerprint density at radius 3 is 2.63 bits per heavy atom. The first-order valence-electron chi connectivity index (χ1n) is 6.65. The number of hydrogen-bond donors (Lipinski definition) is 1. The van der Waals surface area contributed by atoms with Gasteiger partial charge in [-0.3, -0.25) is 5.32 Å². The van der Waals surface area contributed by atoms with Crippen molar-refractivity contribution in [2.75, 3.05) is 0 Å². The zero-order valence-electron chi connectivity index (χ0n) is 11.9. The first kappa shape index (κ1) is 14.2. The van der Waals surface area contributed by atoms with Gasteiger partial charge in [0.1, 0.15) is 0 Å². The Balaban J connectivity index is 2.07. The minimum absolute atomic E-state index is 0.0621. The van der Waals surface area contributed by atoms with Gasteiger partial charge in [0.15, 0.2) is 0 Å². The Hall–Kier alpha value is -1.20. The largest absolute Gasteiger partial charge is 0.424 e. The van der Waals surface area contributed by atoms with Crippen LogP contribution in [-0.2, 0) is 0 Å². The molecule has 0 aliphatic heterocycles. The molecule has 0 spiro atoms. The molecule has 19 heavy (non-hydrogen) atoms. The van der Waals surface area contributed by atoms with Crippen molar-refractivity contribution in [1.29, 1.82) is 0 Å². The summed E-state index contributed by atoms with van der Waals surface area (Å²) in [4.78, 5) is 1.36. The number of aromatic nitrogens is 2. The molecule has 4 nitrogen and oxygen atoms in total. The van der Waals surface area contributed by atoms with Gasteiger partial charge in [-0.25, -0.2) is 0 Å². The van der Waals surface area contributed by atoms with Crippen LogP contribution < -0.4 is 5.32 Å². The summed E-state index contributed by atoms with van der Waals surface area (Å²) in [5.41, 5.74) is 0. The molecular formula is C14H21N3OS. The zero-order chi connectivity index (χ0) is 13.8. The second-order valence-electron chi connectivity index (χ2n) is 5.25. The number of rotatable bonds is 6. The molecule has 2 aromatic rings. The quantitative estimate of drug-likeness (QED) is 0.872. The molecule has 2 rings (SSSR count). The van der Waals surface area contributed by atoms with Gasteiger partial charge in [-0.1, -0.05) is 19.9 Å². The van der Waals surface area contributed by atoms with Gasteiger partial charge < -0.3 is 4.42 Å². The fourth-order valence-corrected chi connectivity index (χ4v) is 2.89. The predicted octanol–water partition coefficient (Wildman–Crippen LogP) is 3.88. The molecule has 0 fully saturated rings. The van der Waals surface area contributed by atoms with Crippen molar-refractivity contribution in [3.8, 4) is 0 Å². The van der Waals surface area contributed by atoms with E-state index in [4.69, 9.17) is 4.42 Å². The van der Waals surface area contributed by atoms with Gasteiger partial charge in [-0.2, -0.15) is 0 Å². The van der Waals surface area contributed by atoms with E-state index in [0.29, 0.717) is 23.7 Å². The number of nitrogens with zero attached hydrogens (tertiary/aromatic N) is 2. The lowest BCUT2D eigenvalue weighted by atomic mass is 10.0. The van der Waals surface area contributed by atoms with Crippen LogP contribution in [0.25, 0.3) is 0 Å². The standard InChI is InChI=1S/C14H21N3OS/c1-9(2)8-12(13-6-5-7-19-13)15-10(3)14-17-16-11(4)18-14/h5-7,9-10,12,15H,8H2,1-4H3/t10-,12+/m0/s1. The molecule has 5 heteroatoms. The van der Waals surface area contributed by atoms with Crippen LogP contribution in [-0.4, -0.2) is 10.2 Å². The molecule has 0 aliphatic rings. The first-order chi connectivity index (χ1) is 9.06. The lowest BCUT2D eigenvalue weighted by Crippen LogP contribution is -2.25. The Bertz CT molecular complexity index is 493. The summed E-state index contributed by atoms with van der Waals surface area (Å²) < 4.78 is 5.49. The van der Waals surface area contributed by atoms with Crippen molar-refractivity contribution in [1.82, 2.24) is 15.5 Å². The fraction of sp³-hybridized carbons (Fsp3) is 0.571. The normalized spacial score (nSPS) is 14.8. The lowest BCUT2D eigenvalue weighted by molar-refractivity contribution is 0.346. The van der Waals surface area contributed by atoms with Gasteiger partial charge in [0.05, 0.1) is 6.04 Å².